The van der Waals surface area contributed by atoms with Gasteiger partial charge in [0.05, 0.1) is 4.90 Å². The molecule has 0 aliphatic rings. The van der Waals surface area contributed by atoms with Crippen LogP contribution >= 0.6 is 0 Å². The van der Waals surface area contributed by atoms with Gasteiger partial charge in [0, 0.05) is 5.69 Å². The molecule has 0 amide bonds. The summed E-state index contributed by atoms with van der Waals surface area (Å²) in [5.74, 6) is 0. The zero-order valence-corrected chi connectivity index (χ0v) is 12.2. The number of hydrogen-bond acceptors (Lipinski definition) is 3. The molecule has 0 aliphatic heterocycles. The summed E-state index contributed by atoms with van der Waals surface area (Å²) >= 11 is 0. The van der Waals surface area contributed by atoms with Gasteiger partial charge in [-0.25, -0.2) is 8.42 Å². The highest BCUT2D eigenvalue weighted by molar-refractivity contribution is 7.92. The van der Waals surface area contributed by atoms with Gasteiger partial charge in [0.1, 0.15) is 0 Å². The number of nitrogens with two attached hydrogens (primary N) is 1. The van der Waals surface area contributed by atoms with Crippen LogP contribution in [0.1, 0.15) is 11.1 Å². The Labute approximate surface area is 119 Å². The Morgan fingerprint density at radius 3 is 2.45 bits per heavy atom. The normalized spacial score (nSPS) is 11.3. The summed E-state index contributed by atoms with van der Waals surface area (Å²) in [6, 6.07) is 13.9. The van der Waals surface area contributed by atoms with Gasteiger partial charge >= 0.3 is 0 Å². The molecule has 106 valence electrons. The number of rotatable bonds is 5. The SMILES string of the molecule is Cc1ccc(S(=O)(=O)Nc2ccccc2)cc1CCN. The first kappa shape index (κ1) is 14.6. The summed E-state index contributed by atoms with van der Waals surface area (Å²) in [5.41, 5.74) is 8.11. The smallest absolute Gasteiger partial charge is 0.261 e. The number of para-hydroxylation sites is 1. The molecule has 0 aromatic heterocycles. The van der Waals surface area contributed by atoms with Crippen molar-refractivity contribution in [2.24, 2.45) is 5.73 Å². The third-order valence-electron chi connectivity index (χ3n) is 3.07. The maximum Gasteiger partial charge on any atom is 0.261 e. The minimum absolute atomic E-state index is 0.260. The first-order valence-electron chi connectivity index (χ1n) is 6.40. The van der Waals surface area contributed by atoms with Gasteiger partial charge < -0.3 is 5.73 Å². The monoisotopic (exact) mass is 290 g/mol. The van der Waals surface area contributed by atoms with Gasteiger partial charge in [-0.15, -0.1) is 0 Å². The lowest BCUT2D eigenvalue weighted by atomic mass is 10.1. The van der Waals surface area contributed by atoms with Gasteiger partial charge in [0.15, 0.2) is 0 Å². The van der Waals surface area contributed by atoms with Crippen LogP contribution in [0.4, 0.5) is 5.69 Å². The molecule has 2 aromatic carbocycles. The molecule has 3 N–H and O–H groups in total. The summed E-state index contributed by atoms with van der Waals surface area (Å²) in [4.78, 5) is 0.260. The van der Waals surface area contributed by atoms with Crippen LogP contribution in [0.25, 0.3) is 0 Å². The third-order valence-corrected chi connectivity index (χ3v) is 4.45. The van der Waals surface area contributed by atoms with E-state index in [9.17, 15) is 8.42 Å². The van der Waals surface area contributed by atoms with Crippen molar-refractivity contribution in [3.8, 4) is 0 Å². The molecule has 2 aromatic rings. The van der Waals surface area contributed by atoms with Gasteiger partial charge in [0.2, 0.25) is 0 Å². The first-order valence-corrected chi connectivity index (χ1v) is 7.89. The fourth-order valence-corrected chi connectivity index (χ4v) is 3.07. The molecular formula is C15H18N2O2S. The quantitative estimate of drug-likeness (QED) is 0.887. The van der Waals surface area contributed by atoms with Crippen molar-refractivity contribution in [1.29, 1.82) is 0 Å². The van der Waals surface area contributed by atoms with Crippen LogP contribution in [0.2, 0.25) is 0 Å². The fraction of sp³-hybridized carbons (Fsp3) is 0.200. The lowest BCUT2D eigenvalue weighted by molar-refractivity contribution is 0.601. The minimum atomic E-state index is -3.56. The van der Waals surface area contributed by atoms with E-state index in [1.165, 1.54) is 0 Å². The highest BCUT2D eigenvalue weighted by Gasteiger charge is 2.15. The molecule has 0 aliphatic carbocycles. The molecule has 0 atom stereocenters. The Morgan fingerprint density at radius 2 is 1.80 bits per heavy atom. The molecule has 0 saturated carbocycles. The van der Waals surface area contributed by atoms with E-state index in [4.69, 9.17) is 5.73 Å². The Bertz CT molecular complexity index is 682. The van der Waals surface area contributed by atoms with E-state index in [2.05, 4.69) is 4.72 Å². The third kappa shape index (κ3) is 3.37. The molecule has 2 rings (SSSR count). The van der Waals surface area contributed by atoms with Crippen molar-refractivity contribution in [3.63, 3.8) is 0 Å². The van der Waals surface area contributed by atoms with Crippen molar-refractivity contribution >= 4 is 15.7 Å². The average molecular weight is 290 g/mol. The molecule has 0 fully saturated rings. The van der Waals surface area contributed by atoms with Crippen molar-refractivity contribution in [1.82, 2.24) is 0 Å². The molecular weight excluding hydrogens is 272 g/mol. The van der Waals surface area contributed by atoms with Crippen molar-refractivity contribution in [2.75, 3.05) is 11.3 Å². The molecule has 4 nitrogen and oxygen atoms in total. The largest absolute Gasteiger partial charge is 0.330 e. The van der Waals surface area contributed by atoms with Crippen LogP contribution in [0.15, 0.2) is 53.4 Å². The van der Waals surface area contributed by atoms with E-state index < -0.39 is 10.0 Å². The Balaban J connectivity index is 2.32. The van der Waals surface area contributed by atoms with Gasteiger partial charge in [-0.3, -0.25) is 4.72 Å². The second kappa shape index (κ2) is 6.07. The Kier molecular flexibility index (Phi) is 4.42. The zero-order chi connectivity index (χ0) is 14.6. The zero-order valence-electron chi connectivity index (χ0n) is 11.3. The number of benzene rings is 2. The van der Waals surface area contributed by atoms with Gasteiger partial charge in [-0.05, 0) is 55.3 Å². The molecule has 0 heterocycles. The summed E-state index contributed by atoms with van der Waals surface area (Å²) in [6.45, 7) is 2.45. The summed E-state index contributed by atoms with van der Waals surface area (Å²) in [6.07, 6.45) is 0.667. The van der Waals surface area contributed by atoms with Crippen LogP contribution in [0.3, 0.4) is 0 Å². The number of hydrogen-bond donors (Lipinski definition) is 2. The number of sulfonamides is 1. The van der Waals surface area contributed by atoms with Gasteiger partial charge in [-0.2, -0.15) is 0 Å². The molecule has 20 heavy (non-hydrogen) atoms. The standard InChI is InChI=1S/C15H18N2O2S/c1-12-7-8-15(11-13(12)9-10-16)20(18,19)17-14-5-3-2-4-6-14/h2-8,11,17H,9-10,16H2,1H3. The van der Waals surface area contributed by atoms with Crippen molar-refractivity contribution < 1.29 is 8.42 Å². The number of nitrogens with one attached hydrogen (secondary N) is 1. The van der Waals surface area contributed by atoms with Crippen molar-refractivity contribution in [2.45, 2.75) is 18.2 Å². The van der Waals surface area contributed by atoms with E-state index in [0.717, 1.165) is 11.1 Å². The van der Waals surface area contributed by atoms with Crippen LogP contribution in [0.5, 0.6) is 0 Å². The van der Waals surface area contributed by atoms with Crippen molar-refractivity contribution in [3.05, 3.63) is 59.7 Å². The predicted octanol–water partition coefficient (Wildman–Crippen LogP) is 2.30. The average Bonchev–Trinajstić information content (AvgIpc) is 2.42. The molecule has 0 saturated heterocycles. The molecule has 5 heteroatoms. The summed E-state index contributed by atoms with van der Waals surface area (Å²) in [5, 5.41) is 0. The molecule has 0 bridgehead atoms. The first-order chi connectivity index (χ1) is 9.53. The van der Waals surface area contributed by atoms with Gasteiger partial charge in [0.25, 0.3) is 10.0 Å². The topological polar surface area (TPSA) is 72.2 Å². The van der Waals surface area contributed by atoms with E-state index in [1.54, 1.807) is 36.4 Å². The Hall–Kier alpha value is -1.85. The predicted molar refractivity (Wildman–Crippen MR) is 81.2 cm³/mol. The molecule has 0 spiro atoms. The number of aryl methyl sites for hydroxylation is 1. The van der Waals surface area contributed by atoms with Crippen LogP contribution in [-0.4, -0.2) is 15.0 Å². The van der Waals surface area contributed by atoms with Crippen LogP contribution in [-0.2, 0) is 16.4 Å². The maximum atomic E-state index is 12.3. The summed E-state index contributed by atoms with van der Waals surface area (Å²) < 4.78 is 27.2. The van der Waals surface area contributed by atoms with E-state index >= 15 is 0 Å². The molecule has 0 unspecified atom stereocenters. The van der Waals surface area contributed by atoms with Crippen LogP contribution in [0, 0.1) is 6.92 Å². The van der Waals surface area contributed by atoms with E-state index in [0.29, 0.717) is 18.7 Å². The molecule has 0 radical (unpaired) electrons. The minimum Gasteiger partial charge on any atom is -0.330 e. The highest BCUT2D eigenvalue weighted by atomic mass is 32.2. The summed E-state index contributed by atoms with van der Waals surface area (Å²) in [7, 11) is -3.56. The van der Waals surface area contributed by atoms with E-state index in [1.807, 2.05) is 19.1 Å². The Morgan fingerprint density at radius 1 is 1.10 bits per heavy atom. The lowest BCUT2D eigenvalue weighted by Crippen LogP contribution is -2.14. The van der Waals surface area contributed by atoms with Gasteiger partial charge in [-0.1, -0.05) is 24.3 Å². The van der Waals surface area contributed by atoms with Crippen LogP contribution < -0.4 is 10.5 Å². The maximum absolute atomic E-state index is 12.3. The lowest BCUT2D eigenvalue weighted by Gasteiger charge is -2.11. The fourth-order valence-electron chi connectivity index (χ4n) is 1.96. The van der Waals surface area contributed by atoms with E-state index in [-0.39, 0.29) is 4.90 Å². The number of anilines is 1. The second-order valence-electron chi connectivity index (χ2n) is 4.60. The second-order valence-corrected chi connectivity index (χ2v) is 6.28. The highest BCUT2D eigenvalue weighted by Crippen LogP contribution is 2.19.